The third-order valence-electron chi connectivity index (χ3n) is 1.90. The molecule has 0 unspecified atom stereocenters. The Morgan fingerprint density at radius 3 is 2.67 bits per heavy atom. The van der Waals surface area contributed by atoms with Gasteiger partial charge in [0.2, 0.25) is 0 Å². The Hall–Kier alpha value is -0.0800. The second kappa shape index (κ2) is 2.27. The number of piperidine rings is 1. The lowest BCUT2D eigenvalue weighted by Crippen LogP contribution is -2.44. The van der Waals surface area contributed by atoms with E-state index in [4.69, 9.17) is 0 Å². The molecule has 2 nitrogen and oxygen atoms in total. The summed E-state index contributed by atoms with van der Waals surface area (Å²) in [6, 6.07) is 0.480. The van der Waals surface area contributed by atoms with Crippen LogP contribution >= 0.6 is 0 Å². The Kier molecular flexibility index (Phi) is 1.78. The fraction of sp³-hybridized carbons (Fsp3) is 1.00. The van der Waals surface area contributed by atoms with E-state index in [0.29, 0.717) is 6.04 Å². The maximum Gasteiger partial charge on any atom is 0.0646 e. The van der Waals surface area contributed by atoms with Crippen LogP contribution in [0.25, 0.3) is 0 Å². The second-order valence-electron chi connectivity index (χ2n) is 3.31. The standard InChI is InChI=1S/C7H15NO/c1-6-5-7(2,9)3-4-8-6/h6,8-9H,3-5H2,1-2H3/t6-,7+/m1/s1. The molecule has 0 spiro atoms. The van der Waals surface area contributed by atoms with Crippen molar-refractivity contribution in [2.24, 2.45) is 0 Å². The molecule has 0 amide bonds. The summed E-state index contributed by atoms with van der Waals surface area (Å²) in [7, 11) is 0. The fourth-order valence-electron chi connectivity index (χ4n) is 1.42. The molecular formula is C7H15NO. The lowest BCUT2D eigenvalue weighted by molar-refractivity contribution is 0.0162. The van der Waals surface area contributed by atoms with Gasteiger partial charge in [0.25, 0.3) is 0 Å². The molecule has 1 aliphatic rings. The Bertz CT molecular complexity index is 101. The zero-order valence-electron chi connectivity index (χ0n) is 6.15. The van der Waals surface area contributed by atoms with Crippen LogP contribution in [-0.4, -0.2) is 23.3 Å². The van der Waals surface area contributed by atoms with Gasteiger partial charge >= 0.3 is 0 Å². The zero-order valence-corrected chi connectivity index (χ0v) is 6.15. The molecule has 1 rings (SSSR count). The van der Waals surface area contributed by atoms with Crippen LogP contribution in [0.1, 0.15) is 26.7 Å². The highest BCUT2D eigenvalue weighted by atomic mass is 16.3. The Labute approximate surface area is 56.3 Å². The van der Waals surface area contributed by atoms with Gasteiger partial charge in [0.1, 0.15) is 0 Å². The van der Waals surface area contributed by atoms with Crippen molar-refractivity contribution in [2.75, 3.05) is 6.54 Å². The van der Waals surface area contributed by atoms with Gasteiger partial charge in [-0.1, -0.05) is 0 Å². The van der Waals surface area contributed by atoms with Gasteiger partial charge < -0.3 is 10.4 Å². The second-order valence-corrected chi connectivity index (χ2v) is 3.31. The molecule has 0 radical (unpaired) electrons. The lowest BCUT2D eigenvalue weighted by Gasteiger charge is -2.32. The summed E-state index contributed by atoms with van der Waals surface area (Å²) in [6.07, 6.45) is 1.77. The average molecular weight is 129 g/mol. The topological polar surface area (TPSA) is 32.3 Å². The summed E-state index contributed by atoms with van der Waals surface area (Å²) in [5.74, 6) is 0. The van der Waals surface area contributed by atoms with E-state index >= 15 is 0 Å². The molecule has 0 aromatic heterocycles. The maximum atomic E-state index is 9.50. The first-order chi connectivity index (χ1) is 4.10. The van der Waals surface area contributed by atoms with Crippen molar-refractivity contribution in [1.29, 1.82) is 0 Å². The van der Waals surface area contributed by atoms with Crippen molar-refractivity contribution >= 4 is 0 Å². The van der Waals surface area contributed by atoms with Gasteiger partial charge in [-0.25, -0.2) is 0 Å². The van der Waals surface area contributed by atoms with E-state index < -0.39 is 5.60 Å². The average Bonchev–Trinajstić information content (AvgIpc) is 1.60. The van der Waals surface area contributed by atoms with Gasteiger partial charge in [-0.3, -0.25) is 0 Å². The van der Waals surface area contributed by atoms with E-state index in [0.717, 1.165) is 19.4 Å². The van der Waals surface area contributed by atoms with Gasteiger partial charge in [-0.2, -0.15) is 0 Å². The minimum Gasteiger partial charge on any atom is -0.390 e. The van der Waals surface area contributed by atoms with Gasteiger partial charge in [0.05, 0.1) is 5.60 Å². The Morgan fingerprint density at radius 1 is 1.67 bits per heavy atom. The molecule has 2 N–H and O–H groups in total. The highest BCUT2D eigenvalue weighted by Crippen LogP contribution is 2.19. The fourth-order valence-corrected chi connectivity index (χ4v) is 1.42. The van der Waals surface area contributed by atoms with Crippen molar-refractivity contribution in [3.8, 4) is 0 Å². The zero-order chi connectivity index (χ0) is 6.91. The first-order valence-corrected chi connectivity index (χ1v) is 3.56. The Balaban J connectivity index is 2.41. The van der Waals surface area contributed by atoms with E-state index in [2.05, 4.69) is 12.2 Å². The quantitative estimate of drug-likeness (QED) is 0.499. The van der Waals surface area contributed by atoms with Crippen LogP contribution in [-0.2, 0) is 0 Å². The molecule has 1 heterocycles. The number of rotatable bonds is 0. The normalized spacial score (nSPS) is 45.0. The molecule has 0 aliphatic carbocycles. The van der Waals surface area contributed by atoms with Crippen LogP contribution in [0.2, 0.25) is 0 Å². The third kappa shape index (κ3) is 1.95. The number of nitrogens with one attached hydrogen (secondary N) is 1. The first kappa shape index (κ1) is 7.03. The van der Waals surface area contributed by atoms with Crippen LogP contribution in [0.4, 0.5) is 0 Å². The molecule has 2 atom stereocenters. The van der Waals surface area contributed by atoms with E-state index in [1.54, 1.807) is 0 Å². The molecule has 2 heteroatoms. The van der Waals surface area contributed by atoms with Crippen LogP contribution in [0, 0.1) is 0 Å². The third-order valence-corrected chi connectivity index (χ3v) is 1.90. The van der Waals surface area contributed by atoms with E-state index in [1.165, 1.54) is 0 Å². The molecule has 0 bridgehead atoms. The van der Waals surface area contributed by atoms with Crippen LogP contribution in [0.15, 0.2) is 0 Å². The van der Waals surface area contributed by atoms with Gasteiger partial charge in [-0.05, 0) is 33.2 Å². The first-order valence-electron chi connectivity index (χ1n) is 3.56. The minimum absolute atomic E-state index is 0.412. The number of aliphatic hydroxyl groups is 1. The van der Waals surface area contributed by atoms with Crippen molar-refractivity contribution in [2.45, 2.75) is 38.3 Å². The number of hydrogen-bond donors (Lipinski definition) is 2. The van der Waals surface area contributed by atoms with E-state index in [-0.39, 0.29) is 0 Å². The van der Waals surface area contributed by atoms with E-state index in [1.807, 2.05) is 6.92 Å². The molecule has 1 saturated heterocycles. The molecule has 9 heavy (non-hydrogen) atoms. The summed E-state index contributed by atoms with van der Waals surface area (Å²) >= 11 is 0. The van der Waals surface area contributed by atoms with E-state index in [9.17, 15) is 5.11 Å². The molecule has 54 valence electrons. The molecule has 0 aromatic carbocycles. The van der Waals surface area contributed by atoms with Crippen molar-refractivity contribution in [3.05, 3.63) is 0 Å². The molecule has 0 saturated carbocycles. The highest BCUT2D eigenvalue weighted by Gasteiger charge is 2.26. The highest BCUT2D eigenvalue weighted by molar-refractivity contribution is 4.83. The predicted molar refractivity (Wildman–Crippen MR) is 37.3 cm³/mol. The largest absolute Gasteiger partial charge is 0.390 e. The predicted octanol–water partition coefficient (Wildman–Crippen LogP) is 0.509. The van der Waals surface area contributed by atoms with Gasteiger partial charge in [0.15, 0.2) is 0 Å². The summed E-state index contributed by atoms with van der Waals surface area (Å²) in [5.41, 5.74) is -0.412. The molecule has 0 aromatic rings. The van der Waals surface area contributed by atoms with Crippen LogP contribution in [0.5, 0.6) is 0 Å². The molecule has 1 aliphatic heterocycles. The SMILES string of the molecule is C[C@@H]1C[C@@](C)(O)CCN1. The minimum atomic E-state index is -0.412. The van der Waals surface area contributed by atoms with Crippen molar-refractivity contribution in [1.82, 2.24) is 5.32 Å². The van der Waals surface area contributed by atoms with Crippen molar-refractivity contribution in [3.63, 3.8) is 0 Å². The van der Waals surface area contributed by atoms with Gasteiger partial charge in [-0.15, -0.1) is 0 Å². The van der Waals surface area contributed by atoms with Crippen LogP contribution in [0.3, 0.4) is 0 Å². The Morgan fingerprint density at radius 2 is 2.33 bits per heavy atom. The monoisotopic (exact) mass is 129 g/mol. The number of hydrogen-bond acceptors (Lipinski definition) is 2. The van der Waals surface area contributed by atoms with Crippen molar-refractivity contribution < 1.29 is 5.11 Å². The van der Waals surface area contributed by atoms with Crippen LogP contribution < -0.4 is 5.32 Å². The summed E-state index contributed by atoms with van der Waals surface area (Å²) in [4.78, 5) is 0. The molecular weight excluding hydrogens is 114 g/mol. The smallest absolute Gasteiger partial charge is 0.0646 e. The lowest BCUT2D eigenvalue weighted by atomic mass is 9.91. The maximum absolute atomic E-state index is 9.50. The summed E-state index contributed by atoms with van der Waals surface area (Å²) in [6.45, 7) is 4.96. The summed E-state index contributed by atoms with van der Waals surface area (Å²) in [5, 5.41) is 12.8. The molecule has 1 fully saturated rings. The van der Waals surface area contributed by atoms with Gasteiger partial charge in [0, 0.05) is 6.04 Å². The summed E-state index contributed by atoms with van der Waals surface area (Å²) < 4.78 is 0.